The summed E-state index contributed by atoms with van der Waals surface area (Å²) in [5, 5.41) is 7.71. The fourth-order valence-electron chi connectivity index (χ4n) is 3.33. The molecular formula is C19H28N6O. The second-order valence-electron chi connectivity index (χ2n) is 7.77. The minimum atomic E-state index is -0.217. The molecule has 3 heterocycles. The number of carbonyl (C=O) groups excluding carboxylic acids is 1. The minimum Gasteiger partial charge on any atom is -0.365 e. The molecule has 1 fully saturated rings. The molecule has 140 valence electrons. The summed E-state index contributed by atoms with van der Waals surface area (Å²) in [6, 6.07) is 5.83. The lowest BCUT2D eigenvalue weighted by Gasteiger charge is -2.37. The van der Waals surface area contributed by atoms with Crippen molar-refractivity contribution in [3.8, 4) is 5.82 Å². The van der Waals surface area contributed by atoms with Crippen LogP contribution in [0.5, 0.6) is 0 Å². The number of carbonyl (C=O) groups is 1. The first-order valence-corrected chi connectivity index (χ1v) is 9.06. The van der Waals surface area contributed by atoms with Crippen LogP contribution in [0.3, 0.4) is 0 Å². The van der Waals surface area contributed by atoms with Gasteiger partial charge in [-0.3, -0.25) is 0 Å². The molecule has 0 aromatic carbocycles. The Morgan fingerprint density at radius 2 is 1.81 bits per heavy atom. The van der Waals surface area contributed by atoms with E-state index in [0.717, 1.165) is 36.0 Å². The normalized spacial score (nSPS) is 15.3. The van der Waals surface area contributed by atoms with Crippen LogP contribution in [0.2, 0.25) is 0 Å². The molecule has 7 nitrogen and oxygen atoms in total. The fourth-order valence-corrected chi connectivity index (χ4v) is 3.33. The van der Waals surface area contributed by atoms with Gasteiger partial charge in [0, 0.05) is 37.9 Å². The largest absolute Gasteiger partial charge is 0.365 e. The Hall–Kier alpha value is -2.57. The molecule has 0 bridgehead atoms. The Morgan fingerprint density at radius 3 is 2.38 bits per heavy atom. The summed E-state index contributed by atoms with van der Waals surface area (Å²) in [5.41, 5.74) is 2.99. The highest BCUT2D eigenvalue weighted by Gasteiger charge is 2.27. The number of urea groups is 1. The lowest BCUT2D eigenvalue weighted by Crippen LogP contribution is -2.55. The number of hydrogen-bond donors (Lipinski definition) is 1. The van der Waals surface area contributed by atoms with Crippen molar-refractivity contribution >= 4 is 11.7 Å². The molecule has 2 aromatic rings. The number of anilines is 1. The SMILES string of the molecule is Cc1nn(-c2ccccn2)c(C)c1N1CCN(C(=O)NC(C)(C)C)CC1. The van der Waals surface area contributed by atoms with Crippen LogP contribution < -0.4 is 10.2 Å². The van der Waals surface area contributed by atoms with Crippen LogP contribution >= 0.6 is 0 Å². The van der Waals surface area contributed by atoms with Gasteiger partial charge in [0.15, 0.2) is 5.82 Å². The van der Waals surface area contributed by atoms with Crippen molar-refractivity contribution in [2.75, 3.05) is 31.1 Å². The molecule has 0 radical (unpaired) electrons. The maximum atomic E-state index is 12.4. The van der Waals surface area contributed by atoms with Gasteiger partial charge in [0.25, 0.3) is 0 Å². The molecule has 0 unspecified atom stereocenters. The summed E-state index contributed by atoms with van der Waals surface area (Å²) in [6.07, 6.45) is 1.78. The molecule has 1 aliphatic rings. The van der Waals surface area contributed by atoms with Crippen LogP contribution in [0.25, 0.3) is 5.82 Å². The van der Waals surface area contributed by atoms with Crippen LogP contribution in [0.1, 0.15) is 32.2 Å². The van der Waals surface area contributed by atoms with Crippen molar-refractivity contribution in [3.05, 3.63) is 35.8 Å². The van der Waals surface area contributed by atoms with Gasteiger partial charge in [-0.2, -0.15) is 5.10 Å². The summed E-state index contributed by atoms with van der Waals surface area (Å²) < 4.78 is 1.89. The van der Waals surface area contributed by atoms with Crippen molar-refractivity contribution in [1.29, 1.82) is 0 Å². The van der Waals surface area contributed by atoms with E-state index in [9.17, 15) is 4.79 Å². The van der Waals surface area contributed by atoms with E-state index < -0.39 is 0 Å². The van der Waals surface area contributed by atoms with Crippen LogP contribution in [0, 0.1) is 13.8 Å². The second kappa shape index (κ2) is 6.97. The average molecular weight is 356 g/mol. The Kier molecular flexibility index (Phi) is 4.89. The zero-order valence-electron chi connectivity index (χ0n) is 16.3. The Morgan fingerprint density at radius 1 is 1.12 bits per heavy atom. The van der Waals surface area contributed by atoms with Crippen molar-refractivity contribution in [3.63, 3.8) is 0 Å². The first-order valence-electron chi connectivity index (χ1n) is 9.06. The van der Waals surface area contributed by atoms with Crippen LogP contribution in [-0.4, -0.2) is 57.4 Å². The molecule has 0 spiro atoms. The molecule has 7 heteroatoms. The van der Waals surface area contributed by atoms with E-state index in [2.05, 4.69) is 27.2 Å². The molecule has 0 saturated carbocycles. The zero-order valence-corrected chi connectivity index (χ0v) is 16.3. The van der Waals surface area contributed by atoms with E-state index >= 15 is 0 Å². The second-order valence-corrected chi connectivity index (χ2v) is 7.77. The smallest absolute Gasteiger partial charge is 0.317 e. The van der Waals surface area contributed by atoms with Crippen molar-refractivity contribution < 1.29 is 4.79 Å². The number of piperazine rings is 1. The molecular weight excluding hydrogens is 328 g/mol. The van der Waals surface area contributed by atoms with E-state index in [-0.39, 0.29) is 11.6 Å². The topological polar surface area (TPSA) is 66.3 Å². The van der Waals surface area contributed by atoms with Crippen molar-refractivity contribution in [2.24, 2.45) is 0 Å². The molecule has 0 aliphatic carbocycles. The third-order valence-electron chi connectivity index (χ3n) is 4.48. The highest BCUT2D eigenvalue weighted by molar-refractivity contribution is 5.75. The number of hydrogen-bond acceptors (Lipinski definition) is 4. The van der Waals surface area contributed by atoms with Gasteiger partial charge in [-0.15, -0.1) is 0 Å². The maximum absolute atomic E-state index is 12.4. The first kappa shape index (κ1) is 18.2. The van der Waals surface area contributed by atoms with Gasteiger partial charge >= 0.3 is 6.03 Å². The Labute approximate surface area is 155 Å². The molecule has 0 atom stereocenters. The fraction of sp³-hybridized carbons (Fsp3) is 0.526. The molecule has 1 saturated heterocycles. The highest BCUT2D eigenvalue weighted by Crippen LogP contribution is 2.27. The van der Waals surface area contributed by atoms with E-state index in [1.165, 1.54) is 0 Å². The number of aromatic nitrogens is 3. The number of rotatable bonds is 2. The maximum Gasteiger partial charge on any atom is 0.317 e. The quantitative estimate of drug-likeness (QED) is 0.898. The summed E-state index contributed by atoms with van der Waals surface area (Å²) in [4.78, 5) is 21.0. The molecule has 3 rings (SSSR count). The first-order chi connectivity index (χ1) is 12.3. The number of aryl methyl sites for hydroxylation is 1. The van der Waals surface area contributed by atoms with E-state index in [0.29, 0.717) is 13.1 Å². The van der Waals surface area contributed by atoms with E-state index in [1.54, 1.807) is 6.20 Å². The number of pyridine rings is 1. The monoisotopic (exact) mass is 356 g/mol. The summed E-state index contributed by atoms with van der Waals surface area (Å²) in [7, 11) is 0. The number of nitrogens with zero attached hydrogens (tertiary/aromatic N) is 5. The highest BCUT2D eigenvalue weighted by atomic mass is 16.2. The number of nitrogens with one attached hydrogen (secondary N) is 1. The van der Waals surface area contributed by atoms with Gasteiger partial charge in [-0.1, -0.05) is 6.07 Å². The third-order valence-corrected chi connectivity index (χ3v) is 4.48. The zero-order chi connectivity index (χ0) is 18.9. The van der Waals surface area contributed by atoms with Crippen LogP contribution in [-0.2, 0) is 0 Å². The predicted molar refractivity (Wildman–Crippen MR) is 103 cm³/mol. The Bertz CT molecular complexity index is 769. The van der Waals surface area contributed by atoms with Gasteiger partial charge in [-0.05, 0) is 46.8 Å². The summed E-state index contributed by atoms with van der Waals surface area (Å²) in [6.45, 7) is 13.1. The van der Waals surface area contributed by atoms with Gasteiger partial charge in [-0.25, -0.2) is 14.5 Å². The van der Waals surface area contributed by atoms with Gasteiger partial charge < -0.3 is 15.1 Å². The van der Waals surface area contributed by atoms with E-state index in [1.807, 2.05) is 55.5 Å². The summed E-state index contributed by atoms with van der Waals surface area (Å²) in [5.74, 6) is 0.822. The number of amides is 2. The van der Waals surface area contributed by atoms with Gasteiger partial charge in [0.05, 0.1) is 17.1 Å². The minimum absolute atomic E-state index is 0.00905. The molecule has 26 heavy (non-hydrogen) atoms. The van der Waals surface area contributed by atoms with Gasteiger partial charge in [0.2, 0.25) is 0 Å². The van der Waals surface area contributed by atoms with Crippen LogP contribution in [0.15, 0.2) is 24.4 Å². The van der Waals surface area contributed by atoms with Gasteiger partial charge in [0.1, 0.15) is 0 Å². The molecule has 2 aromatic heterocycles. The lowest BCUT2D eigenvalue weighted by molar-refractivity contribution is 0.185. The van der Waals surface area contributed by atoms with Crippen molar-refractivity contribution in [1.82, 2.24) is 25.0 Å². The Balaban J connectivity index is 1.72. The predicted octanol–water partition coefficient (Wildman–Crippen LogP) is 2.51. The molecule has 1 N–H and O–H groups in total. The standard InChI is InChI=1S/C19H28N6O/c1-14-17(15(2)25(22-14)16-8-6-7-9-20-16)23-10-12-24(13-11-23)18(26)21-19(3,4)5/h6-9H,10-13H2,1-5H3,(H,21,26). The average Bonchev–Trinajstić information content (AvgIpc) is 2.89. The lowest BCUT2D eigenvalue weighted by atomic mass is 10.1. The van der Waals surface area contributed by atoms with Crippen molar-refractivity contribution in [2.45, 2.75) is 40.2 Å². The van der Waals surface area contributed by atoms with Crippen LogP contribution in [0.4, 0.5) is 10.5 Å². The summed E-state index contributed by atoms with van der Waals surface area (Å²) >= 11 is 0. The van der Waals surface area contributed by atoms with E-state index in [4.69, 9.17) is 0 Å². The molecule has 2 amide bonds. The molecule has 1 aliphatic heterocycles. The third kappa shape index (κ3) is 3.81.